The first-order chi connectivity index (χ1) is 14.5. The second kappa shape index (κ2) is 9.00. The van der Waals surface area contributed by atoms with Crippen LogP contribution in [0.2, 0.25) is 10.0 Å². The van der Waals surface area contributed by atoms with Crippen LogP contribution >= 0.6 is 35.0 Å². The van der Waals surface area contributed by atoms with Crippen molar-refractivity contribution in [2.75, 3.05) is 11.1 Å². The molecule has 3 aromatic carbocycles. The molecule has 4 rings (SSSR count). The molecule has 0 aliphatic rings. The summed E-state index contributed by atoms with van der Waals surface area (Å²) in [7, 11) is 0. The zero-order valence-corrected chi connectivity index (χ0v) is 17.7. The van der Waals surface area contributed by atoms with E-state index in [0.29, 0.717) is 32.3 Å². The first kappa shape index (κ1) is 20.6. The maximum Gasteiger partial charge on any atom is 0.190 e. The molecule has 0 bridgehead atoms. The molecule has 0 fully saturated rings. The van der Waals surface area contributed by atoms with E-state index in [1.54, 1.807) is 30.3 Å². The number of hydrogen-bond donors (Lipinski definition) is 1. The SMILES string of the molecule is O=C(CSc1nc(Nc2ccc(F)cc2)c2ccccc2n1)c1ccc(Cl)c(Cl)c1. The summed E-state index contributed by atoms with van der Waals surface area (Å²) in [5, 5.41) is 5.20. The molecule has 30 heavy (non-hydrogen) atoms. The minimum atomic E-state index is -0.315. The van der Waals surface area contributed by atoms with E-state index < -0.39 is 0 Å². The number of para-hydroxylation sites is 1. The molecule has 0 spiro atoms. The number of rotatable bonds is 6. The highest BCUT2D eigenvalue weighted by Crippen LogP contribution is 2.28. The highest BCUT2D eigenvalue weighted by molar-refractivity contribution is 7.99. The van der Waals surface area contributed by atoms with Gasteiger partial charge in [-0.05, 0) is 54.6 Å². The number of nitrogens with one attached hydrogen (secondary N) is 1. The number of anilines is 2. The van der Waals surface area contributed by atoms with Crippen LogP contribution in [0.5, 0.6) is 0 Å². The van der Waals surface area contributed by atoms with Gasteiger partial charge in [-0.15, -0.1) is 0 Å². The van der Waals surface area contributed by atoms with Gasteiger partial charge >= 0.3 is 0 Å². The van der Waals surface area contributed by atoms with Crippen molar-refractivity contribution >= 4 is 63.2 Å². The summed E-state index contributed by atoms with van der Waals surface area (Å²) < 4.78 is 13.2. The van der Waals surface area contributed by atoms with Crippen LogP contribution in [0.1, 0.15) is 10.4 Å². The van der Waals surface area contributed by atoms with Gasteiger partial charge in [0, 0.05) is 16.6 Å². The van der Waals surface area contributed by atoms with Crippen LogP contribution in [0.25, 0.3) is 10.9 Å². The van der Waals surface area contributed by atoms with Gasteiger partial charge in [-0.2, -0.15) is 0 Å². The molecule has 0 atom stereocenters. The first-order valence-corrected chi connectivity index (χ1v) is 10.6. The average molecular weight is 458 g/mol. The Morgan fingerprint density at radius 1 is 0.967 bits per heavy atom. The van der Waals surface area contributed by atoms with Crippen molar-refractivity contribution in [1.29, 1.82) is 0 Å². The molecule has 0 aliphatic carbocycles. The molecule has 4 nitrogen and oxygen atoms in total. The Bertz CT molecular complexity index is 1230. The number of nitrogens with zero attached hydrogens (tertiary/aromatic N) is 2. The van der Waals surface area contributed by atoms with E-state index in [0.717, 1.165) is 10.9 Å². The zero-order valence-electron chi connectivity index (χ0n) is 15.4. The van der Waals surface area contributed by atoms with Gasteiger partial charge in [-0.1, -0.05) is 47.1 Å². The summed E-state index contributed by atoms with van der Waals surface area (Å²) in [4.78, 5) is 21.6. The largest absolute Gasteiger partial charge is 0.340 e. The number of thioether (sulfide) groups is 1. The fraction of sp³-hybridized carbons (Fsp3) is 0.0455. The molecular weight excluding hydrogens is 444 g/mol. The molecule has 0 amide bonds. The smallest absolute Gasteiger partial charge is 0.190 e. The predicted octanol–water partition coefficient (Wildman–Crippen LogP) is 6.79. The van der Waals surface area contributed by atoms with Crippen LogP contribution in [0, 0.1) is 5.82 Å². The molecule has 4 aromatic rings. The number of Topliss-reactive ketones (excluding diaryl/α,β-unsaturated/α-hetero) is 1. The fourth-order valence-corrected chi connectivity index (χ4v) is 3.81. The van der Waals surface area contributed by atoms with Gasteiger partial charge in [0.1, 0.15) is 11.6 Å². The van der Waals surface area contributed by atoms with E-state index in [2.05, 4.69) is 15.3 Å². The third kappa shape index (κ3) is 4.73. The summed E-state index contributed by atoms with van der Waals surface area (Å²) in [6.07, 6.45) is 0. The van der Waals surface area contributed by atoms with Gasteiger partial charge in [0.2, 0.25) is 0 Å². The summed E-state index contributed by atoms with van der Waals surface area (Å²) in [6, 6.07) is 18.3. The molecule has 1 heterocycles. The number of carbonyl (C=O) groups excluding carboxylic acids is 1. The second-order valence-corrected chi connectivity index (χ2v) is 8.10. The molecule has 8 heteroatoms. The van der Waals surface area contributed by atoms with Crippen LogP contribution in [0.4, 0.5) is 15.9 Å². The third-order valence-corrected chi connectivity index (χ3v) is 5.85. The molecule has 0 saturated carbocycles. The molecule has 0 radical (unpaired) electrons. The van der Waals surface area contributed by atoms with E-state index in [9.17, 15) is 9.18 Å². The second-order valence-electron chi connectivity index (χ2n) is 6.34. The number of ketones is 1. The van der Waals surface area contributed by atoms with Crippen molar-refractivity contribution in [3.8, 4) is 0 Å². The Hall–Kier alpha value is -2.67. The summed E-state index contributed by atoms with van der Waals surface area (Å²) in [5.74, 6) is 0.303. The van der Waals surface area contributed by atoms with Crippen molar-refractivity contribution < 1.29 is 9.18 Å². The minimum Gasteiger partial charge on any atom is -0.340 e. The molecule has 0 unspecified atom stereocenters. The quantitative estimate of drug-likeness (QED) is 0.196. The number of hydrogen-bond acceptors (Lipinski definition) is 5. The number of fused-ring (bicyclic) bond motifs is 1. The molecule has 150 valence electrons. The highest BCUT2D eigenvalue weighted by atomic mass is 35.5. The lowest BCUT2D eigenvalue weighted by atomic mass is 10.1. The van der Waals surface area contributed by atoms with Crippen molar-refractivity contribution in [2.45, 2.75) is 5.16 Å². The first-order valence-electron chi connectivity index (χ1n) is 8.90. The lowest BCUT2D eigenvalue weighted by Crippen LogP contribution is -2.04. The Kier molecular flexibility index (Phi) is 6.18. The zero-order chi connectivity index (χ0) is 21.1. The van der Waals surface area contributed by atoms with Gasteiger partial charge < -0.3 is 5.32 Å². The topological polar surface area (TPSA) is 54.9 Å². The van der Waals surface area contributed by atoms with Crippen LogP contribution in [0.3, 0.4) is 0 Å². The molecule has 0 aliphatic heterocycles. The van der Waals surface area contributed by atoms with E-state index >= 15 is 0 Å². The van der Waals surface area contributed by atoms with Gasteiger partial charge in [-0.3, -0.25) is 4.79 Å². The summed E-state index contributed by atoms with van der Waals surface area (Å²) in [5.41, 5.74) is 1.91. The van der Waals surface area contributed by atoms with Crippen molar-refractivity contribution in [1.82, 2.24) is 9.97 Å². The van der Waals surface area contributed by atoms with Crippen molar-refractivity contribution in [2.24, 2.45) is 0 Å². The van der Waals surface area contributed by atoms with E-state index in [-0.39, 0.29) is 17.4 Å². The van der Waals surface area contributed by atoms with Gasteiger partial charge in [0.25, 0.3) is 0 Å². The number of benzene rings is 3. The highest BCUT2D eigenvalue weighted by Gasteiger charge is 2.13. The van der Waals surface area contributed by atoms with Crippen LogP contribution in [0.15, 0.2) is 71.9 Å². The van der Waals surface area contributed by atoms with E-state index in [1.807, 2.05) is 24.3 Å². The molecular formula is C22H14Cl2FN3OS. The maximum absolute atomic E-state index is 13.2. The molecule has 1 N–H and O–H groups in total. The van der Waals surface area contributed by atoms with Crippen LogP contribution < -0.4 is 5.32 Å². The lowest BCUT2D eigenvalue weighted by Gasteiger charge is -2.11. The number of halogens is 3. The van der Waals surface area contributed by atoms with Gasteiger partial charge in [0.15, 0.2) is 10.9 Å². The molecule has 0 saturated heterocycles. The Morgan fingerprint density at radius 2 is 1.73 bits per heavy atom. The van der Waals surface area contributed by atoms with Gasteiger partial charge in [0.05, 0.1) is 21.3 Å². The standard InChI is InChI=1S/C22H14Cl2FN3OS/c23-17-10-5-13(11-18(17)24)20(29)12-30-22-27-19-4-2-1-3-16(19)21(28-22)26-15-8-6-14(25)7-9-15/h1-11H,12H2,(H,26,27,28). The Morgan fingerprint density at radius 3 is 2.50 bits per heavy atom. The van der Waals surface area contributed by atoms with Crippen molar-refractivity contribution in [3.05, 3.63) is 88.2 Å². The summed E-state index contributed by atoms with van der Waals surface area (Å²) >= 11 is 13.1. The third-order valence-electron chi connectivity index (χ3n) is 4.26. The molecule has 1 aromatic heterocycles. The number of carbonyl (C=O) groups is 1. The normalized spacial score (nSPS) is 10.9. The van der Waals surface area contributed by atoms with Gasteiger partial charge in [-0.25, -0.2) is 14.4 Å². The van der Waals surface area contributed by atoms with Crippen LogP contribution in [-0.2, 0) is 0 Å². The average Bonchev–Trinajstić information content (AvgIpc) is 2.75. The Labute approximate surface area is 186 Å². The monoisotopic (exact) mass is 457 g/mol. The fourth-order valence-electron chi connectivity index (χ4n) is 2.77. The summed E-state index contributed by atoms with van der Waals surface area (Å²) in [6.45, 7) is 0. The number of aromatic nitrogens is 2. The lowest BCUT2D eigenvalue weighted by molar-refractivity contribution is 0.102. The maximum atomic E-state index is 13.2. The van der Waals surface area contributed by atoms with Crippen molar-refractivity contribution in [3.63, 3.8) is 0 Å². The predicted molar refractivity (Wildman–Crippen MR) is 121 cm³/mol. The Balaban J connectivity index is 1.58. The van der Waals surface area contributed by atoms with E-state index in [4.69, 9.17) is 23.2 Å². The van der Waals surface area contributed by atoms with Crippen LogP contribution in [-0.4, -0.2) is 21.5 Å². The minimum absolute atomic E-state index is 0.108. The van der Waals surface area contributed by atoms with E-state index in [1.165, 1.54) is 23.9 Å².